The summed E-state index contributed by atoms with van der Waals surface area (Å²) < 4.78 is 0. The highest BCUT2D eigenvalue weighted by Crippen LogP contribution is 2.14. The zero-order chi connectivity index (χ0) is 9.94. The minimum atomic E-state index is -1.52. The molecule has 1 N–H and O–H groups in total. The molecule has 5 nitrogen and oxygen atoms in total. The van der Waals surface area contributed by atoms with Crippen molar-refractivity contribution in [2.24, 2.45) is 5.41 Å². The molecule has 0 fully saturated rings. The largest absolute Gasteiger partial charge is 0.472 e. The summed E-state index contributed by atoms with van der Waals surface area (Å²) in [5.74, 6) is -2.21. The Morgan fingerprint density at radius 3 is 1.83 bits per heavy atom. The molecule has 0 amide bonds. The van der Waals surface area contributed by atoms with Gasteiger partial charge in [-0.15, -0.1) is 0 Å². The molecular formula is C7H10N2O3. The molecule has 0 aliphatic rings. The van der Waals surface area contributed by atoms with Gasteiger partial charge in [-0.3, -0.25) is 4.79 Å². The van der Waals surface area contributed by atoms with Crippen molar-refractivity contribution >= 4 is 17.5 Å². The van der Waals surface area contributed by atoms with E-state index in [2.05, 4.69) is 4.79 Å². The van der Waals surface area contributed by atoms with E-state index in [1.165, 1.54) is 0 Å². The quantitative estimate of drug-likeness (QED) is 0.280. The van der Waals surface area contributed by atoms with Crippen LogP contribution in [0.5, 0.6) is 0 Å². The zero-order valence-corrected chi connectivity index (χ0v) is 7.16. The predicted octanol–water partition coefficient (Wildman–Crippen LogP) is 0.357. The van der Waals surface area contributed by atoms with E-state index in [1.807, 2.05) is 0 Å². The van der Waals surface area contributed by atoms with Crippen LogP contribution in [0.25, 0.3) is 5.53 Å². The van der Waals surface area contributed by atoms with Gasteiger partial charge in [0, 0.05) is 5.41 Å². The lowest BCUT2D eigenvalue weighted by Crippen LogP contribution is -2.34. The number of ketones is 1. The highest BCUT2D eigenvalue weighted by molar-refractivity contribution is 6.62. The lowest BCUT2D eigenvalue weighted by molar-refractivity contribution is -0.138. The monoisotopic (exact) mass is 170 g/mol. The number of aliphatic carboxylic acids is 1. The SMILES string of the molecule is CC(C)(C)C(=O)C(=[N+]=[N-])C(=O)O. The maximum atomic E-state index is 11.2. The van der Waals surface area contributed by atoms with Gasteiger partial charge in [-0.25, -0.2) is 4.79 Å². The van der Waals surface area contributed by atoms with Crippen molar-refractivity contribution in [2.75, 3.05) is 0 Å². The number of Topliss-reactive ketones (excluding diaryl/α,β-unsaturated/α-hetero) is 1. The van der Waals surface area contributed by atoms with Crippen LogP contribution >= 0.6 is 0 Å². The average molecular weight is 170 g/mol. The Bertz CT molecular complexity index is 269. The van der Waals surface area contributed by atoms with Gasteiger partial charge in [0.2, 0.25) is 0 Å². The first-order valence-corrected chi connectivity index (χ1v) is 3.31. The molecule has 0 bridgehead atoms. The highest BCUT2D eigenvalue weighted by atomic mass is 16.4. The van der Waals surface area contributed by atoms with Gasteiger partial charge in [0.25, 0.3) is 5.78 Å². The minimum absolute atomic E-state index is 0.697. The summed E-state index contributed by atoms with van der Waals surface area (Å²) in [5.41, 5.74) is 6.54. The van der Waals surface area contributed by atoms with E-state index in [0.29, 0.717) is 0 Å². The smallest absolute Gasteiger partial charge is 0.441 e. The van der Waals surface area contributed by atoms with E-state index in [-0.39, 0.29) is 0 Å². The number of carboxylic acid groups (broad SMARTS) is 1. The van der Waals surface area contributed by atoms with Crippen LogP contribution in [0.15, 0.2) is 0 Å². The Kier molecular flexibility index (Phi) is 2.87. The molecule has 0 radical (unpaired) electrons. The Balaban J connectivity index is 4.95. The first-order chi connectivity index (χ1) is 5.30. The van der Waals surface area contributed by atoms with Crippen LogP contribution < -0.4 is 0 Å². The maximum absolute atomic E-state index is 11.2. The Morgan fingerprint density at radius 2 is 1.75 bits per heavy atom. The molecule has 0 heterocycles. The van der Waals surface area contributed by atoms with E-state index in [4.69, 9.17) is 10.6 Å². The van der Waals surface area contributed by atoms with Crippen LogP contribution in [0, 0.1) is 5.41 Å². The van der Waals surface area contributed by atoms with E-state index >= 15 is 0 Å². The van der Waals surface area contributed by atoms with Crippen molar-refractivity contribution in [3.05, 3.63) is 5.53 Å². The fourth-order valence-electron chi connectivity index (χ4n) is 0.541. The number of nitrogens with zero attached hydrogens (tertiary/aromatic N) is 2. The molecule has 0 saturated carbocycles. The third-order valence-electron chi connectivity index (χ3n) is 1.20. The molecule has 5 heteroatoms. The molecular weight excluding hydrogens is 160 g/mol. The fourth-order valence-corrected chi connectivity index (χ4v) is 0.541. The number of hydrogen-bond donors (Lipinski definition) is 1. The Labute approximate surface area is 69.6 Å². The van der Waals surface area contributed by atoms with Gasteiger partial charge in [0.15, 0.2) is 0 Å². The summed E-state index contributed by atoms with van der Waals surface area (Å²) in [6.07, 6.45) is 0. The number of carbonyl (C=O) groups is 2. The van der Waals surface area contributed by atoms with Gasteiger partial charge < -0.3 is 10.6 Å². The minimum Gasteiger partial charge on any atom is -0.472 e. The van der Waals surface area contributed by atoms with Crippen molar-refractivity contribution in [3.63, 3.8) is 0 Å². The second-order valence-electron chi connectivity index (χ2n) is 3.33. The molecule has 0 rings (SSSR count). The molecule has 0 aromatic rings. The number of carboxylic acids is 1. The Hall–Kier alpha value is -1.48. The first-order valence-electron chi connectivity index (χ1n) is 3.31. The number of carbonyl (C=O) groups excluding carboxylic acids is 1. The van der Waals surface area contributed by atoms with Crippen LogP contribution in [-0.4, -0.2) is 27.4 Å². The second-order valence-corrected chi connectivity index (χ2v) is 3.33. The fraction of sp³-hybridized carbons (Fsp3) is 0.571. The van der Waals surface area contributed by atoms with Gasteiger partial charge >= 0.3 is 11.7 Å². The van der Waals surface area contributed by atoms with Crippen molar-refractivity contribution in [1.29, 1.82) is 0 Å². The number of rotatable bonds is 2. The maximum Gasteiger partial charge on any atom is 0.441 e. The molecule has 0 aromatic carbocycles. The summed E-state index contributed by atoms with van der Waals surface area (Å²) in [6.45, 7) is 4.64. The normalized spacial score (nSPS) is 10.2. The average Bonchev–Trinajstić information content (AvgIpc) is 1.86. The van der Waals surface area contributed by atoms with Crippen molar-refractivity contribution in [1.82, 2.24) is 0 Å². The topological polar surface area (TPSA) is 90.8 Å². The molecule has 0 unspecified atom stereocenters. The van der Waals surface area contributed by atoms with Crippen LogP contribution in [0.4, 0.5) is 0 Å². The highest BCUT2D eigenvalue weighted by Gasteiger charge is 2.37. The molecule has 0 saturated heterocycles. The van der Waals surface area contributed by atoms with Crippen molar-refractivity contribution < 1.29 is 19.5 Å². The van der Waals surface area contributed by atoms with E-state index in [1.54, 1.807) is 20.8 Å². The third kappa shape index (κ3) is 2.29. The molecule has 0 aliphatic carbocycles. The Morgan fingerprint density at radius 1 is 1.33 bits per heavy atom. The van der Waals surface area contributed by atoms with Gasteiger partial charge in [0.1, 0.15) is 0 Å². The van der Waals surface area contributed by atoms with E-state index in [0.717, 1.165) is 0 Å². The molecule has 12 heavy (non-hydrogen) atoms. The first kappa shape index (κ1) is 10.5. The lowest BCUT2D eigenvalue weighted by atomic mass is 9.88. The van der Waals surface area contributed by atoms with Crippen LogP contribution in [-0.2, 0) is 9.59 Å². The molecule has 0 aromatic heterocycles. The third-order valence-corrected chi connectivity index (χ3v) is 1.20. The molecule has 66 valence electrons. The lowest BCUT2D eigenvalue weighted by Gasteiger charge is -2.10. The van der Waals surface area contributed by atoms with Crippen LogP contribution in [0.3, 0.4) is 0 Å². The zero-order valence-electron chi connectivity index (χ0n) is 7.16. The summed E-state index contributed by atoms with van der Waals surface area (Å²) in [5, 5.41) is 8.40. The predicted molar refractivity (Wildman–Crippen MR) is 40.7 cm³/mol. The van der Waals surface area contributed by atoms with Gasteiger partial charge in [0.05, 0.1) is 0 Å². The van der Waals surface area contributed by atoms with Gasteiger partial charge in [-0.1, -0.05) is 20.8 Å². The van der Waals surface area contributed by atoms with Crippen LogP contribution in [0.2, 0.25) is 0 Å². The van der Waals surface area contributed by atoms with Crippen LogP contribution in [0.1, 0.15) is 20.8 Å². The number of hydrogen-bond acceptors (Lipinski definition) is 2. The molecule has 0 spiro atoms. The second kappa shape index (κ2) is 3.28. The van der Waals surface area contributed by atoms with E-state index in [9.17, 15) is 9.59 Å². The summed E-state index contributed by atoms with van der Waals surface area (Å²) >= 11 is 0. The summed E-state index contributed by atoms with van der Waals surface area (Å²) in [6, 6.07) is 0. The molecule has 0 aliphatic heterocycles. The van der Waals surface area contributed by atoms with E-state index < -0.39 is 22.9 Å². The standard InChI is InChI=1S/C7H10N2O3/c1-7(2,3)5(10)4(9-8)6(11)12/h1-3H3,(H,11,12). The summed E-state index contributed by atoms with van der Waals surface area (Å²) in [7, 11) is 0. The molecule has 0 atom stereocenters. The van der Waals surface area contributed by atoms with Gasteiger partial charge in [-0.2, -0.15) is 4.79 Å². The van der Waals surface area contributed by atoms with Gasteiger partial charge in [-0.05, 0) is 0 Å². The van der Waals surface area contributed by atoms with Crippen molar-refractivity contribution in [2.45, 2.75) is 20.8 Å². The van der Waals surface area contributed by atoms with Crippen molar-refractivity contribution in [3.8, 4) is 0 Å². The summed E-state index contributed by atoms with van der Waals surface area (Å²) in [4.78, 5) is 23.9.